The summed E-state index contributed by atoms with van der Waals surface area (Å²) < 4.78 is 0. The smallest absolute Gasteiger partial charge is 0.241 e. The number of rotatable bonds is 6. The summed E-state index contributed by atoms with van der Waals surface area (Å²) in [5.74, 6) is 1.20. The quantitative estimate of drug-likeness (QED) is 0.706. The van der Waals surface area contributed by atoms with E-state index in [0.717, 1.165) is 57.0 Å². The molecule has 2 aliphatic heterocycles. The number of thiocarbonyl (C=S) groups is 1. The van der Waals surface area contributed by atoms with Crippen LogP contribution in [0.2, 0.25) is 0 Å². The summed E-state index contributed by atoms with van der Waals surface area (Å²) >= 11 is 5.47. The number of carbonyl (C=O) groups excluding carboxylic acids is 1. The number of piperidine rings is 1. The van der Waals surface area contributed by atoms with E-state index in [9.17, 15) is 4.79 Å². The summed E-state index contributed by atoms with van der Waals surface area (Å²) in [6.45, 7) is 14.4. The zero-order chi connectivity index (χ0) is 18.6. The lowest BCUT2D eigenvalue weighted by atomic mass is 9.94. The minimum absolute atomic E-state index is 0.0404. The normalized spacial score (nSPS) is 25.3. The molecule has 0 radical (unpaired) electrons. The molecule has 2 fully saturated rings. The molecule has 3 atom stereocenters. The van der Waals surface area contributed by atoms with Crippen molar-refractivity contribution in [3.8, 4) is 0 Å². The van der Waals surface area contributed by atoms with Gasteiger partial charge in [0.1, 0.15) is 0 Å². The lowest BCUT2D eigenvalue weighted by Crippen LogP contribution is -2.61. The van der Waals surface area contributed by atoms with Crippen LogP contribution in [0.15, 0.2) is 0 Å². The molecular formula is C19H36N4OS. The van der Waals surface area contributed by atoms with E-state index in [4.69, 9.17) is 12.2 Å². The fraction of sp³-hybridized carbons (Fsp3) is 0.895. The van der Waals surface area contributed by atoms with Gasteiger partial charge in [-0.3, -0.25) is 10.1 Å². The third-order valence-electron chi connectivity index (χ3n) is 6.08. The Morgan fingerprint density at radius 1 is 1.28 bits per heavy atom. The summed E-state index contributed by atoms with van der Waals surface area (Å²) in [5, 5.41) is 7.85. The number of hydrogen-bond acceptors (Lipinski definition) is 3. The predicted molar refractivity (Wildman–Crippen MR) is 107 cm³/mol. The Morgan fingerprint density at radius 2 is 1.92 bits per heavy atom. The maximum Gasteiger partial charge on any atom is 0.241 e. The molecule has 2 aliphatic rings. The average molecular weight is 369 g/mol. The Balaban J connectivity index is 2.15. The first-order valence-corrected chi connectivity index (χ1v) is 10.4. The van der Waals surface area contributed by atoms with Gasteiger partial charge in [-0.25, -0.2) is 0 Å². The number of hydrogen-bond donors (Lipinski definition) is 2. The number of carbonyl (C=O) groups is 1. The van der Waals surface area contributed by atoms with Crippen LogP contribution in [0.4, 0.5) is 0 Å². The van der Waals surface area contributed by atoms with Gasteiger partial charge in [-0.1, -0.05) is 40.5 Å². The number of nitrogens with zero attached hydrogens (tertiary/aromatic N) is 2. The van der Waals surface area contributed by atoms with Crippen LogP contribution in [0, 0.1) is 11.8 Å². The standard InChI is InChI=1S/C19H36N4OS/c1-6-14(4)13-23-17(24)16(15(5)7-2)21-19(23)9-11-22(12-10-19)18(25)20-8-3/h14-16,21H,6-13H2,1-5H3,(H,20,25). The van der Waals surface area contributed by atoms with Crippen molar-refractivity contribution in [1.29, 1.82) is 0 Å². The second kappa shape index (κ2) is 8.67. The van der Waals surface area contributed by atoms with Crippen molar-refractivity contribution in [2.24, 2.45) is 11.8 Å². The van der Waals surface area contributed by atoms with Crippen LogP contribution >= 0.6 is 12.2 Å². The van der Waals surface area contributed by atoms with E-state index in [2.05, 4.69) is 55.1 Å². The third-order valence-corrected chi connectivity index (χ3v) is 6.49. The molecule has 2 heterocycles. The summed E-state index contributed by atoms with van der Waals surface area (Å²) in [4.78, 5) is 17.6. The highest BCUT2D eigenvalue weighted by atomic mass is 32.1. The van der Waals surface area contributed by atoms with Crippen molar-refractivity contribution in [3.63, 3.8) is 0 Å². The van der Waals surface area contributed by atoms with Gasteiger partial charge in [0.15, 0.2) is 5.11 Å². The largest absolute Gasteiger partial charge is 0.363 e. The molecule has 25 heavy (non-hydrogen) atoms. The van der Waals surface area contributed by atoms with Crippen molar-refractivity contribution < 1.29 is 4.79 Å². The molecule has 5 nitrogen and oxygen atoms in total. The van der Waals surface area contributed by atoms with Crippen LogP contribution in [0.1, 0.15) is 60.3 Å². The Kier molecular flexibility index (Phi) is 7.09. The minimum atomic E-state index is -0.188. The topological polar surface area (TPSA) is 47.6 Å². The average Bonchev–Trinajstić information content (AvgIpc) is 2.87. The molecule has 2 saturated heterocycles. The van der Waals surface area contributed by atoms with Crippen LogP contribution in [0.3, 0.4) is 0 Å². The summed E-state index contributed by atoms with van der Waals surface area (Å²) in [6, 6.07) is -0.0404. The first kappa shape index (κ1) is 20.4. The van der Waals surface area contributed by atoms with Crippen LogP contribution < -0.4 is 10.6 Å². The molecule has 1 amide bonds. The van der Waals surface area contributed by atoms with Gasteiger partial charge in [0, 0.05) is 39.0 Å². The van der Waals surface area contributed by atoms with Crippen molar-refractivity contribution >= 4 is 23.2 Å². The van der Waals surface area contributed by atoms with Crippen molar-refractivity contribution in [2.75, 3.05) is 26.2 Å². The van der Waals surface area contributed by atoms with Gasteiger partial charge in [-0.15, -0.1) is 0 Å². The molecule has 1 spiro atoms. The summed E-state index contributed by atoms with van der Waals surface area (Å²) in [6.07, 6.45) is 4.00. The Morgan fingerprint density at radius 3 is 2.44 bits per heavy atom. The van der Waals surface area contributed by atoms with Crippen molar-refractivity contribution in [3.05, 3.63) is 0 Å². The van der Waals surface area contributed by atoms with Crippen LogP contribution in [-0.4, -0.2) is 58.7 Å². The summed E-state index contributed by atoms with van der Waals surface area (Å²) in [5.41, 5.74) is -0.188. The fourth-order valence-electron chi connectivity index (χ4n) is 3.89. The van der Waals surface area contributed by atoms with E-state index >= 15 is 0 Å². The Hall–Kier alpha value is -0.880. The SMILES string of the molecule is CCNC(=S)N1CCC2(CC1)NC(C(C)CC)C(=O)N2CC(C)CC. The Bertz CT molecular complexity index is 476. The van der Waals surface area contributed by atoms with Gasteiger partial charge >= 0.3 is 0 Å². The highest BCUT2D eigenvalue weighted by Crippen LogP contribution is 2.35. The molecule has 0 aliphatic carbocycles. The van der Waals surface area contributed by atoms with E-state index in [1.54, 1.807) is 0 Å². The van der Waals surface area contributed by atoms with E-state index in [1.165, 1.54) is 0 Å². The van der Waals surface area contributed by atoms with Gasteiger partial charge in [-0.05, 0) is 31.0 Å². The van der Waals surface area contributed by atoms with Crippen molar-refractivity contribution in [1.82, 2.24) is 20.4 Å². The van der Waals surface area contributed by atoms with Gasteiger partial charge in [0.25, 0.3) is 0 Å². The molecule has 3 unspecified atom stereocenters. The molecule has 144 valence electrons. The number of likely N-dealkylation sites (tertiary alicyclic amines) is 1. The van der Waals surface area contributed by atoms with E-state index in [-0.39, 0.29) is 11.7 Å². The predicted octanol–water partition coefficient (Wildman–Crippen LogP) is 2.57. The van der Waals surface area contributed by atoms with E-state index < -0.39 is 0 Å². The first-order valence-electron chi connectivity index (χ1n) is 10.00. The van der Waals surface area contributed by atoms with E-state index in [1.807, 2.05) is 0 Å². The fourth-order valence-corrected chi connectivity index (χ4v) is 4.22. The lowest BCUT2D eigenvalue weighted by Gasteiger charge is -2.46. The second-order valence-electron chi connectivity index (χ2n) is 7.82. The monoisotopic (exact) mass is 368 g/mol. The molecule has 0 bridgehead atoms. The third kappa shape index (κ3) is 4.27. The Labute approximate surface area is 158 Å². The first-order chi connectivity index (χ1) is 11.9. The summed E-state index contributed by atoms with van der Waals surface area (Å²) in [7, 11) is 0. The highest BCUT2D eigenvalue weighted by Gasteiger charge is 2.52. The van der Waals surface area contributed by atoms with Crippen LogP contribution in [0.5, 0.6) is 0 Å². The number of nitrogens with one attached hydrogen (secondary N) is 2. The van der Waals surface area contributed by atoms with Gasteiger partial charge in [0.05, 0.1) is 11.7 Å². The zero-order valence-electron chi connectivity index (χ0n) is 16.6. The molecule has 0 aromatic carbocycles. The lowest BCUT2D eigenvalue weighted by molar-refractivity contribution is -0.134. The van der Waals surface area contributed by atoms with Crippen molar-refractivity contribution in [2.45, 2.75) is 72.0 Å². The molecular weight excluding hydrogens is 332 g/mol. The maximum atomic E-state index is 13.2. The second-order valence-corrected chi connectivity index (χ2v) is 8.21. The zero-order valence-corrected chi connectivity index (χ0v) is 17.4. The molecule has 0 saturated carbocycles. The molecule has 2 rings (SSSR count). The molecule has 2 N–H and O–H groups in total. The minimum Gasteiger partial charge on any atom is -0.363 e. The van der Waals surface area contributed by atoms with Gasteiger partial charge < -0.3 is 15.1 Å². The van der Waals surface area contributed by atoms with Crippen LogP contribution in [-0.2, 0) is 4.79 Å². The molecule has 0 aromatic heterocycles. The highest BCUT2D eigenvalue weighted by molar-refractivity contribution is 7.80. The van der Waals surface area contributed by atoms with E-state index in [0.29, 0.717) is 17.7 Å². The number of amides is 1. The maximum absolute atomic E-state index is 13.2. The molecule has 6 heteroatoms. The van der Waals surface area contributed by atoms with Crippen LogP contribution in [0.25, 0.3) is 0 Å². The molecule has 0 aromatic rings. The van der Waals surface area contributed by atoms with Gasteiger partial charge in [-0.2, -0.15) is 0 Å². The van der Waals surface area contributed by atoms with Gasteiger partial charge in [0.2, 0.25) is 5.91 Å².